The Balaban J connectivity index is 1.23. The lowest BCUT2D eigenvalue weighted by Crippen LogP contribution is -2.38. The summed E-state index contributed by atoms with van der Waals surface area (Å²) in [5.74, 6) is 0.284. The van der Waals surface area contributed by atoms with Gasteiger partial charge in [0, 0.05) is 18.1 Å². The number of hydrogen-bond acceptors (Lipinski definition) is 4. The minimum absolute atomic E-state index is 0.0815. The molecule has 1 aliphatic carbocycles. The van der Waals surface area contributed by atoms with E-state index in [1.165, 1.54) is 50.7 Å². The van der Waals surface area contributed by atoms with Crippen LogP contribution in [0.1, 0.15) is 77.1 Å². The number of ether oxygens (including phenoxy) is 4. The Labute approximate surface area is 190 Å². The van der Waals surface area contributed by atoms with Crippen molar-refractivity contribution in [2.45, 2.75) is 77.6 Å². The van der Waals surface area contributed by atoms with Crippen molar-refractivity contribution in [3.63, 3.8) is 0 Å². The van der Waals surface area contributed by atoms with Crippen LogP contribution in [0.5, 0.6) is 5.75 Å². The summed E-state index contributed by atoms with van der Waals surface area (Å²) in [6.45, 7) is 6.24. The highest BCUT2D eigenvalue weighted by atomic mass is 19.2. The van der Waals surface area contributed by atoms with E-state index in [2.05, 4.69) is 6.92 Å². The van der Waals surface area contributed by atoms with Crippen molar-refractivity contribution in [3.8, 4) is 5.75 Å². The van der Waals surface area contributed by atoms with Crippen molar-refractivity contribution in [1.29, 1.82) is 0 Å². The molecule has 2 heterocycles. The van der Waals surface area contributed by atoms with Crippen LogP contribution in [0.4, 0.5) is 8.78 Å². The highest BCUT2D eigenvalue weighted by Gasteiger charge is 2.36. The Kier molecular flexibility index (Phi) is 8.41. The van der Waals surface area contributed by atoms with Crippen molar-refractivity contribution in [1.82, 2.24) is 0 Å². The summed E-state index contributed by atoms with van der Waals surface area (Å²) in [5.41, 5.74) is 0.101. The summed E-state index contributed by atoms with van der Waals surface area (Å²) >= 11 is 0. The summed E-state index contributed by atoms with van der Waals surface area (Å²) in [4.78, 5) is 0. The van der Waals surface area contributed by atoms with Crippen molar-refractivity contribution in [2.24, 2.45) is 23.7 Å². The molecule has 2 atom stereocenters. The molecule has 2 aliphatic heterocycles. The molecule has 1 saturated carbocycles. The van der Waals surface area contributed by atoms with Crippen LogP contribution < -0.4 is 4.74 Å². The highest BCUT2D eigenvalue weighted by Crippen LogP contribution is 2.41. The van der Waals surface area contributed by atoms with E-state index in [4.69, 9.17) is 18.9 Å². The van der Waals surface area contributed by atoms with Crippen molar-refractivity contribution < 1.29 is 27.7 Å². The van der Waals surface area contributed by atoms with Gasteiger partial charge in [0.2, 0.25) is 5.82 Å². The van der Waals surface area contributed by atoms with E-state index < -0.39 is 17.9 Å². The third kappa shape index (κ3) is 5.45. The second-order valence-electron chi connectivity index (χ2n) is 9.75. The van der Waals surface area contributed by atoms with Crippen LogP contribution in [-0.2, 0) is 14.2 Å². The molecule has 0 bridgehead atoms. The highest BCUT2D eigenvalue weighted by molar-refractivity contribution is 5.31. The molecule has 2 unspecified atom stereocenters. The Morgan fingerprint density at radius 1 is 0.812 bits per heavy atom. The predicted octanol–water partition coefficient (Wildman–Crippen LogP) is 6.43. The quantitative estimate of drug-likeness (QED) is 0.478. The molecule has 0 radical (unpaired) electrons. The lowest BCUT2D eigenvalue weighted by Gasteiger charge is -2.41. The lowest BCUT2D eigenvalue weighted by atomic mass is 9.73. The molecule has 3 aliphatic rings. The first kappa shape index (κ1) is 23.9. The van der Waals surface area contributed by atoms with Gasteiger partial charge in [0.25, 0.3) is 0 Å². The zero-order chi connectivity index (χ0) is 22.5. The van der Waals surface area contributed by atoms with Gasteiger partial charge in [-0.1, -0.05) is 13.3 Å². The molecule has 0 N–H and O–H groups in total. The third-order valence-electron chi connectivity index (χ3n) is 7.67. The topological polar surface area (TPSA) is 36.9 Å². The van der Waals surface area contributed by atoms with Crippen molar-refractivity contribution >= 4 is 0 Å². The van der Waals surface area contributed by atoms with Gasteiger partial charge in [-0.05, 0) is 81.8 Å². The molecular formula is C26H38F2O4. The summed E-state index contributed by atoms with van der Waals surface area (Å²) < 4.78 is 51.7. The van der Waals surface area contributed by atoms with E-state index in [1.807, 2.05) is 0 Å². The van der Waals surface area contributed by atoms with E-state index in [1.54, 1.807) is 6.92 Å². The molecule has 2 saturated heterocycles. The molecule has 0 aromatic heterocycles. The first-order valence-corrected chi connectivity index (χ1v) is 12.6. The molecular weight excluding hydrogens is 414 g/mol. The zero-order valence-electron chi connectivity index (χ0n) is 19.5. The van der Waals surface area contributed by atoms with Gasteiger partial charge in [0.15, 0.2) is 17.9 Å². The second kappa shape index (κ2) is 11.3. The van der Waals surface area contributed by atoms with Crippen LogP contribution in [0.3, 0.4) is 0 Å². The standard InChI is InChI=1S/C26H38F2O4/c1-3-5-17-6-12-22(30-14-17)19-9-7-18(8-10-19)20-15-31-26(32-16-20)21-11-13-23(29-4-2)25(28)24(21)27/h11,13,17-20,22,26H,3-10,12,14-16H2,1-2H3. The van der Waals surface area contributed by atoms with Crippen LogP contribution in [0.2, 0.25) is 0 Å². The maximum Gasteiger partial charge on any atom is 0.201 e. The van der Waals surface area contributed by atoms with E-state index in [9.17, 15) is 8.78 Å². The molecule has 0 amide bonds. The smallest absolute Gasteiger partial charge is 0.201 e. The van der Waals surface area contributed by atoms with Gasteiger partial charge < -0.3 is 18.9 Å². The predicted molar refractivity (Wildman–Crippen MR) is 118 cm³/mol. The molecule has 32 heavy (non-hydrogen) atoms. The molecule has 3 fully saturated rings. The SMILES string of the molecule is CCCC1CCC(C2CCC(C3COC(c4ccc(OCC)c(F)c4F)OC3)CC2)OC1. The molecule has 4 nitrogen and oxygen atoms in total. The number of rotatable bonds is 7. The number of halogens is 2. The van der Waals surface area contributed by atoms with Crippen LogP contribution >= 0.6 is 0 Å². The fraction of sp³-hybridized carbons (Fsp3) is 0.769. The average Bonchev–Trinajstić information content (AvgIpc) is 2.83. The summed E-state index contributed by atoms with van der Waals surface area (Å²) in [5, 5.41) is 0. The Hall–Kier alpha value is -1.24. The summed E-state index contributed by atoms with van der Waals surface area (Å²) in [6, 6.07) is 2.93. The lowest BCUT2D eigenvalue weighted by molar-refractivity contribution is -0.216. The number of hydrogen-bond donors (Lipinski definition) is 0. The van der Waals surface area contributed by atoms with Crippen molar-refractivity contribution in [2.75, 3.05) is 26.4 Å². The van der Waals surface area contributed by atoms with Crippen LogP contribution in [0.25, 0.3) is 0 Å². The summed E-state index contributed by atoms with van der Waals surface area (Å²) in [7, 11) is 0. The normalized spacial score (nSPS) is 33.8. The van der Waals surface area contributed by atoms with Gasteiger partial charge in [0.05, 0.1) is 25.9 Å². The van der Waals surface area contributed by atoms with Crippen LogP contribution in [0.15, 0.2) is 12.1 Å². The fourth-order valence-electron chi connectivity index (χ4n) is 5.79. The van der Waals surface area contributed by atoms with E-state index >= 15 is 0 Å². The van der Waals surface area contributed by atoms with Gasteiger partial charge in [-0.25, -0.2) is 4.39 Å². The molecule has 4 rings (SSSR count). The Morgan fingerprint density at radius 2 is 1.53 bits per heavy atom. The average molecular weight is 453 g/mol. The Bertz CT molecular complexity index is 719. The molecule has 1 aromatic carbocycles. The third-order valence-corrected chi connectivity index (χ3v) is 7.67. The first-order valence-electron chi connectivity index (χ1n) is 12.6. The number of benzene rings is 1. The van der Waals surface area contributed by atoms with Gasteiger partial charge in [0.1, 0.15) is 0 Å². The molecule has 0 spiro atoms. The maximum absolute atomic E-state index is 14.5. The maximum atomic E-state index is 14.5. The van der Waals surface area contributed by atoms with E-state index in [0.29, 0.717) is 37.1 Å². The van der Waals surface area contributed by atoms with Gasteiger partial charge >= 0.3 is 0 Å². The van der Waals surface area contributed by atoms with Crippen molar-refractivity contribution in [3.05, 3.63) is 29.3 Å². The molecule has 180 valence electrons. The molecule has 1 aromatic rings. The fourth-order valence-corrected chi connectivity index (χ4v) is 5.79. The first-order chi connectivity index (χ1) is 15.6. The minimum Gasteiger partial charge on any atom is -0.491 e. The van der Waals surface area contributed by atoms with Gasteiger partial charge in [-0.2, -0.15) is 4.39 Å². The second-order valence-corrected chi connectivity index (χ2v) is 9.75. The van der Waals surface area contributed by atoms with E-state index in [-0.39, 0.29) is 17.9 Å². The largest absolute Gasteiger partial charge is 0.491 e. The van der Waals surface area contributed by atoms with Crippen LogP contribution in [0, 0.1) is 35.3 Å². The minimum atomic E-state index is -0.983. The van der Waals surface area contributed by atoms with E-state index in [0.717, 1.165) is 25.4 Å². The van der Waals surface area contributed by atoms with Gasteiger partial charge in [-0.15, -0.1) is 0 Å². The molecule has 6 heteroatoms. The zero-order valence-corrected chi connectivity index (χ0v) is 19.5. The Morgan fingerprint density at radius 3 is 2.16 bits per heavy atom. The summed E-state index contributed by atoms with van der Waals surface area (Å²) in [6.07, 6.45) is 9.36. The van der Waals surface area contributed by atoms with Crippen LogP contribution in [-0.4, -0.2) is 32.5 Å². The monoisotopic (exact) mass is 452 g/mol. The van der Waals surface area contributed by atoms with Gasteiger partial charge in [-0.3, -0.25) is 0 Å².